The molecule has 0 radical (unpaired) electrons. The van der Waals surface area contributed by atoms with Crippen molar-refractivity contribution in [2.75, 3.05) is 17.2 Å². The third-order valence-electron chi connectivity index (χ3n) is 3.76. The standard InChI is InChI=1S/C20H17ClFN3O/c21-16-3-1-14(2-4-16)9-10-24-19-11-15(12-23-13-19)20(26)25-18-7-5-17(22)6-8-18/h1-8,11-13,24H,9-10H2,(H,25,26). The average molecular weight is 370 g/mol. The highest BCUT2D eigenvalue weighted by atomic mass is 35.5. The van der Waals surface area contributed by atoms with Gasteiger partial charge in [0.2, 0.25) is 0 Å². The van der Waals surface area contributed by atoms with Crippen molar-refractivity contribution >= 4 is 28.9 Å². The van der Waals surface area contributed by atoms with Crippen molar-refractivity contribution in [3.05, 3.63) is 89.0 Å². The van der Waals surface area contributed by atoms with E-state index in [-0.39, 0.29) is 11.7 Å². The Morgan fingerprint density at radius 1 is 1.00 bits per heavy atom. The lowest BCUT2D eigenvalue weighted by atomic mass is 10.1. The van der Waals surface area contributed by atoms with Crippen molar-refractivity contribution in [3.8, 4) is 0 Å². The van der Waals surface area contributed by atoms with Crippen molar-refractivity contribution in [1.29, 1.82) is 0 Å². The fourth-order valence-electron chi connectivity index (χ4n) is 2.40. The molecule has 3 rings (SSSR count). The van der Waals surface area contributed by atoms with Crippen LogP contribution < -0.4 is 10.6 Å². The van der Waals surface area contributed by atoms with E-state index in [9.17, 15) is 9.18 Å². The Labute approximate surface area is 156 Å². The molecule has 132 valence electrons. The molecule has 2 N–H and O–H groups in total. The summed E-state index contributed by atoms with van der Waals surface area (Å²) in [6, 6.07) is 15.0. The molecule has 2 aromatic carbocycles. The average Bonchev–Trinajstić information content (AvgIpc) is 2.65. The van der Waals surface area contributed by atoms with Crippen molar-refractivity contribution < 1.29 is 9.18 Å². The number of carbonyl (C=O) groups excluding carboxylic acids is 1. The van der Waals surface area contributed by atoms with Crippen LogP contribution in [0.5, 0.6) is 0 Å². The molecule has 0 spiro atoms. The number of benzene rings is 2. The van der Waals surface area contributed by atoms with Gasteiger partial charge in [-0.15, -0.1) is 0 Å². The van der Waals surface area contributed by atoms with Crippen LogP contribution in [0.25, 0.3) is 0 Å². The first-order valence-corrected chi connectivity index (χ1v) is 8.48. The van der Waals surface area contributed by atoms with Crippen molar-refractivity contribution in [3.63, 3.8) is 0 Å². The number of nitrogens with one attached hydrogen (secondary N) is 2. The van der Waals surface area contributed by atoms with Crippen LogP contribution in [-0.4, -0.2) is 17.4 Å². The number of halogens is 2. The molecule has 6 heteroatoms. The molecule has 4 nitrogen and oxygen atoms in total. The van der Waals surface area contributed by atoms with E-state index in [0.717, 1.165) is 12.1 Å². The van der Waals surface area contributed by atoms with Crippen LogP contribution in [0.15, 0.2) is 67.0 Å². The normalized spacial score (nSPS) is 10.4. The zero-order chi connectivity index (χ0) is 18.4. The molecule has 0 bridgehead atoms. The van der Waals surface area contributed by atoms with Gasteiger partial charge >= 0.3 is 0 Å². The second-order valence-corrected chi connectivity index (χ2v) is 6.16. The third kappa shape index (κ3) is 5.04. The molecule has 0 saturated heterocycles. The minimum Gasteiger partial charge on any atom is -0.383 e. The van der Waals surface area contributed by atoms with E-state index in [1.807, 2.05) is 24.3 Å². The molecule has 0 aliphatic rings. The zero-order valence-corrected chi connectivity index (χ0v) is 14.6. The van der Waals surface area contributed by atoms with Crippen LogP contribution in [0.4, 0.5) is 15.8 Å². The monoisotopic (exact) mass is 369 g/mol. The van der Waals surface area contributed by atoms with Gasteiger partial charge in [-0.05, 0) is 54.4 Å². The summed E-state index contributed by atoms with van der Waals surface area (Å²) in [6.07, 6.45) is 3.98. The van der Waals surface area contributed by atoms with Gasteiger partial charge in [-0.25, -0.2) is 4.39 Å². The van der Waals surface area contributed by atoms with E-state index in [0.29, 0.717) is 22.8 Å². The number of hydrogen-bond donors (Lipinski definition) is 2. The Morgan fingerprint density at radius 2 is 1.73 bits per heavy atom. The van der Waals surface area contributed by atoms with Crippen LogP contribution >= 0.6 is 11.6 Å². The van der Waals surface area contributed by atoms with Crippen molar-refractivity contribution in [1.82, 2.24) is 4.98 Å². The Hall–Kier alpha value is -2.92. The number of carbonyl (C=O) groups is 1. The van der Waals surface area contributed by atoms with Crippen LogP contribution in [0, 0.1) is 5.82 Å². The van der Waals surface area contributed by atoms with Gasteiger partial charge in [-0.3, -0.25) is 9.78 Å². The molecule has 0 fully saturated rings. The molecule has 1 aromatic heterocycles. The van der Waals surface area contributed by atoms with Crippen molar-refractivity contribution in [2.24, 2.45) is 0 Å². The van der Waals surface area contributed by atoms with Gasteiger partial charge in [0, 0.05) is 29.6 Å². The van der Waals surface area contributed by atoms with E-state index in [1.54, 1.807) is 12.3 Å². The molecular weight excluding hydrogens is 353 g/mol. The number of anilines is 2. The molecule has 0 aliphatic heterocycles. The summed E-state index contributed by atoms with van der Waals surface area (Å²) in [6.45, 7) is 0.701. The second kappa shape index (κ2) is 8.45. The first-order chi connectivity index (χ1) is 12.6. The lowest BCUT2D eigenvalue weighted by Crippen LogP contribution is -2.13. The van der Waals surface area contributed by atoms with E-state index >= 15 is 0 Å². The van der Waals surface area contributed by atoms with Gasteiger partial charge in [-0.1, -0.05) is 23.7 Å². The fourth-order valence-corrected chi connectivity index (χ4v) is 2.53. The third-order valence-corrected chi connectivity index (χ3v) is 4.01. The molecular formula is C20H17ClFN3O. The van der Waals surface area contributed by atoms with Crippen LogP contribution in [0.3, 0.4) is 0 Å². The van der Waals surface area contributed by atoms with Crippen LogP contribution in [0.2, 0.25) is 5.02 Å². The van der Waals surface area contributed by atoms with E-state index in [4.69, 9.17) is 11.6 Å². The maximum absolute atomic E-state index is 12.9. The highest BCUT2D eigenvalue weighted by Crippen LogP contribution is 2.14. The fraction of sp³-hybridized carbons (Fsp3) is 0.100. The zero-order valence-electron chi connectivity index (χ0n) is 13.9. The number of nitrogens with zero attached hydrogens (tertiary/aromatic N) is 1. The SMILES string of the molecule is O=C(Nc1ccc(F)cc1)c1cncc(NCCc2ccc(Cl)cc2)c1. The van der Waals surface area contributed by atoms with Gasteiger partial charge in [0.15, 0.2) is 0 Å². The largest absolute Gasteiger partial charge is 0.383 e. The number of rotatable bonds is 6. The number of hydrogen-bond acceptors (Lipinski definition) is 3. The van der Waals surface area contributed by atoms with Gasteiger partial charge in [0.05, 0.1) is 11.3 Å². The Balaban J connectivity index is 1.57. The molecule has 26 heavy (non-hydrogen) atoms. The molecule has 1 amide bonds. The lowest BCUT2D eigenvalue weighted by Gasteiger charge is -2.09. The van der Waals surface area contributed by atoms with E-state index < -0.39 is 0 Å². The predicted octanol–water partition coefficient (Wildman–Crippen LogP) is 4.78. The van der Waals surface area contributed by atoms with Gasteiger partial charge < -0.3 is 10.6 Å². The summed E-state index contributed by atoms with van der Waals surface area (Å²) in [5, 5.41) is 6.68. The molecule has 0 unspecified atom stereocenters. The number of aromatic nitrogens is 1. The molecule has 3 aromatic rings. The maximum Gasteiger partial charge on any atom is 0.257 e. The summed E-state index contributed by atoms with van der Waals surface area (Å²) < 4.78 is 12.9. The summed E-state index contributed by atoms with van der Waals surface area (Å²) in [7, 11) is 0. The van der Waals surface area contributed by atoms with E-state index in [1.165, 1.54) is 36.0 Å². The highest BCUT2D eigenvalue weighted by Gasteiger charge is 2.08. The molecule has 1 heterocycles. The molecule has 0 atom stereocenters. The quantitative estimate of drug-likeness (QED) is 0.657. The van der Waals surface area contributed by atoms with Gasteiger partial charge in [-0.2, -0.15) is 0 Å². The Bertz CT molecular complexity index is 882. The summed E-state index contributed by atoms with van der Waals surface area (Å²) in [5.74, 6) is -0.651. The summed E-state index contributed by atoms with van der Waals surface area (Å²) in [5.41, 5.74) is 2.87. The molecule has 0 aliphatic carbocycles. The minimum absolute atomic E-state index is 0.301. The number of pyridine rings is 1. The minimum atomic E-state index is -0.350. The summed E-state index contributed by atoms with van der Waals surface area (Å²) >= 11 is 5.87. The van der Waals surface area contributed by atoms with Crippen molar-refractivity contribution in [2.45, 2.75) is 6.42 Å². The van der Waals surface area contributed by atoms with Gasteiger partial charge in [0.25, 0.3) is 5.91 Å². The lowest BCUT2D eigenvalue weighted by molar-refractivity contribution is 0.102. The highest BCUT2D eigenvalue weighted by molar-refractivity contribution is 6.30. The van der Waals surface area contributed by atoms with Gasteiger partial charge in [0.1, 0.15) is 5.82 Å². The Kier molecular flexibility index (Phi) is 5.81. The first-order valence-electron chi connectivity index (χ1n) is 8.10. The smallest absolute Gasteiger partial charge is 0.257 e. The van der Waals surface area contributed by atoms with E-state index in [2.05, 4.69) is 15.6 Å². The first kappa shape index (κ1) is 17.9. The topological polar surface area (TPSA) is 54.0 Å². The molecule has 0 saturated carbocycles. The Morgan fingerprint density at radius 3 is 2.46 bits per heavy atom. The van der Waals surface area contributed by atoms with Crippen LogP contribution in [0.1, 0.15) is 15.9 Å². The predicted molar refractivity (Wildman–Crippen MR) is 102 cm³/mol. The number of amides is 1. The van der Waals surface area contributed by atoms with Crippen LogP contribution in [-0.2, 0) is 6.42 Å². The summed E-state index contributed by atoms with van der Waals surface area (Å²) in [4.78, 5) is 16.4. The maximum atomic E-state index is 12.9. The second-order valence-electron chi connectivity index (χ2n) is 5.73.